The molecule has 0 amide bonds. The number of aliphatic hydroxyl groups excluding tert-OH is 1. The summed E-state index contributed by atoms with van der Waals surface area (Å²) in [6.45, 7) is 2.02. The highest BCUT2D eigenvalue weighted by Crippen LogP contribution is 2.12. The number of aromatic nitrogens is 1. The minimum absolute atomic E-state index is 0.0219. The average Bonchev–Trinajstić information content (AvgIpc) is 2.26. The average molecular weight is 191 g/mol. The SMILES string of the molecule is CC[C@H](CO)Nc1cccnc1C#N. The van der Waals surface area contributed by atoms with E-state index in [2.05, 4.69) is 10.3 Å². The van der Waals surface area contributed by atoms with Crippen LogP contribution in [0.5, 0.6) is 0 Å². The summed E-state index contributed by atoms with van der Waals surface area (Å²) in [7, 11) is 0. The van der Waals surface area contributed by atoms with Crippen LogP contribution in [0.25, 0.3) is 0 Å². The van der Waals surface area contributed by atoms with Crippen LogP contribution in [0.4, 0.5) is 5.69 Å². The second-order valence-electron chi connectivity index (χ2n) is 2.94. The lowest BCUT2D eigenvalue weighted by Crippen LogP contribution is -2.23. The molecule has 1 aromatic heterocycles. The van der Waals surface area contributed by atoms with Crippen LogP contribution in [0.1, 0.15) is 19.0 Å². The topological polar surface area (TPSA) is 68.9 Å². The molecule has 1 heterocycles. The first kappa shape index (κ1) is 10.5. The molecule has 0 unspecified atom stereocenters. The molecule has 0 spiro atoms. The molecule has 14 heavy (non-hydrogen) atoms. The van der Waals surface area contributed by atoms with Gasteiger partial charge in [-0.1, -0.05) is 6.92 Å². The molecule has 0 saturated heterocycles. The van der Waals surface area contributed by atoms with Crippen molar-refractivity contribution < 1.29 is 5.11 Å². The zero-order chi connectivity index (χ0) is 10.4. The molecular formula is C10H13N3O. The Morgan fingerprint density at radius 1 is 1.71 bits per heavy atom. The summed E-state index contributed by atoms with van der Waals surface area (Å²) in [6.07, 6.45) is 2.37. The molecule has 0 aliphatic heterocycles. The van der Waals surface area contributed by atoms with Crippen molar-refractivity contribution >= 4 is 5.69 Å². The van der Waals surface area contributed by atoms with Crippen LogP contribution in [0.2, 0.25) is 0 Å². The number of aliphatic hydroxyl groups is 1. The quantitative estimate of drug-likeness (QED) is 0.748. The lowest BCUT2D eigenvalue weighted by atomic mass is 10.2. The van der Waals surface area contributed by atoms with Gasteiger partial charge in [-0.25, -0.2) is 4.98 Å². The normalized spacial score (nSPS) is 11.8. The van der Waals surface area contributed by atoms with Gasteiger partial charge in [0.05, 0.1) is 12.3 Å². The van der Waals surface area contributed by atoms with Crippen molar-refractivity contribution in [2.45, 2.75) is 19.4 Å². The van der Waals surface area contributed by atoms with Gasteiger partial charge < -0.3 is 10.4 Å². The van der Waals surface area contributed by atoms with Gasteiger partial charge in [-0.3, -0.25) is 0 Å². The fourth-order valence-electron chi connectivity index (χ4n) is 1.11. The van der Waals surface area contributed by atoms with Gasteiger partial charge in [-0.05, 0) is 18.6 Å². The molecule has 0 bridgehead atoms. The fourth-order valence-corrected chi connectivity index (χ4v) is 1.11. The Hall–Kier alpha value is -1.60. The van der Waals surface area contributed by atoms with Gasteiger partial charge in [0.15, 0.2) is 5.69 Å². The van der Waals surface area contributed by atoms with Crippen molar-refractivity contribution in [1.82, 2.24) is 4.98 Å². The molecule has 74 valence electrons. The maximum atomic E-state index is 8.99. The minimum Gasteiger partial charge on any atom is -0.394 e. The molecule has 0 fully saturated rings. The summed E-state index contributed by atoms with van der Waals surface area (Å²) < 4.78 is 0. The number of pyridine rings is 1. The predicted octanol–water partition coefficient (Wildman–Crippen LogP) is 1.14. The molecule has 4 nitrogen and oxygen atoms in total. The Labute approximate surface area is 83.2 Å². The summed E-state index contributed by atoms with van der Waals surface area (Å²) in [5, 5.41) is 20.8. The highest BCUT2D eigenvalue weighted by Gasteiger charge is 2.07. The molecule has 4 heteroatoms. The van der Waals surface area contributed by atoms with E-state index in [0.717, 1.165) is 6.42 Å². The van der Waals surface area contributed by atoms with E-state index in [1.165, 1.54) is 0 Å². The standard InChI is InChI=1S/C10H13N3O/c1-2-8(7-14)13-9-4-3-5-12-10(9)6-11/h3-5,8,13-14H,2,7H2,1H3/t8-/m1/s1. The zero-order valence-electron chi connectivity index (χ0n) is 8.07. The minimum atomic E-state index is -0.0219. The second kappa shape index (κ2) is 5.20. The third-order valence-electron chi connectivity index (χ3n) is 1.99. The molecule has 1 aromatic rings. The van der Waals surface area contributed by atoms with Gasteiger partial charge in [0.2, 0.25) is 0 Å². The van der Waals surface area contributed by atoms with E-state index in [9.17, 15) is 0 Å². The van der Waals surface area contributed by atoms with E-state index < -0.39 is 0 Å². The van der Waals surface area contributed by atoms with Crippen molar-refractivity contribution in [2.75, 3.05) is 11.9 Å². The van der Waals surface area contributed by atoms with Crippen molar-refractivity contribution in [3.8, 4) is 6.07 Å². The molecule has 0 aliphatic rings. The predicted molar refractivity (Wildman–Crippen MR) is 53.7 cm³/mol. The van der Waals surface area contributed by atoms with Crippen LogP contribution in [-0.2, 0) is 0 Å². The largest absolute Gasteiger partial charge is 0.394 e. The lowest BCUT2D eigenvalue weighted by molar-refractivity contribution is 0.272. The van der Waals surface area contributed by atoms with Gasteiger partial charge >= 0.3 is 0 Å². The van der Waals surface area contributed by atoms with Crippen LogP contribution >= 0.6 is 0 Å². The highest BCUT2D eigenvalue weighted by molar-refractivity contribution is 5.53. The summed E-state index contributed by atoms with van der Waals surface area (Å²) >= 11 is 0. The van der Waals surface area contributed by atoms with E-state index in [4.69, 9.17) is 10.4 Å². The van der Waals surface area contributed by atoms with Crippen LogP contribution in [0.15, 0.2) is 18.3 Å². The third kappa shape index (κ3) is 2.44. The van der Waals surface area contributed by atoms with Gasteiger partial charge in [0.1, 0.15) is 6.07 Å². The number of hydrogen-bond acceptors (Lipinski definition) is 4. The summed E-state index contributed by atoms with van der Waals surface area (Å²) in [5.41, 5.74) is 1.04. The smallest absolute Gasteiger partial charge is 0.163 e. The monoisotopic (exact) mass is 191 g/mol. The van der Waals surface area contributed by atoms with Gasteiger partial charge in [0.25, 0.3) is 0 Å². The summed E-state index contributed by atoms with van der Waals surface area (Å²) in [4.78, 5) is 3.91. The second-order valence-corrected chi connectivity index (χ2v) is 2.94. The highest BCUT2D eigenvalue weighted by atomic mass is 16.3. The first-order valence-corrected chi connectivity index (χ1v) is 4.54. The van der Waals surface area contributed by atoms with E-state index >= 15 is 0 Å². The third-order valence-corrected chi connectivity index (χ3v) is 1.99. The van der Waals surface area contributed by atoms with Gasteiger partial charge in [-0.15, -0.1) is 0 Å². The Kier molecular flexibility index (Phi) is 3.89. The van der Waals surface area contributed by atoms with Crippen molar-refractivity contribution in [2.24, 2.45) is 0 Å². The van der Waals surface area contributed by atoms with E-state index in [-0.39, 0.29) is 12.6 Å². The molecule has 1 rings (SSSR count). The molecule has 0 aromatic carbocycles. The van der Waals surface area contributed by atoms with Crippen molar-refractivity contribution in [3.63, 3.8) is 0 Å². The van der Waals surface area contributed by atoms with E-state index in [1.54, 1.807) is 18.3 Å². The van der Waals surface area contributed by atoms with Crippen LogP contribution in [0, 0.1) is 11.3 Å². The van der Waals surface area contributed by atoms with E-state index in [1.807, 2.05) is 13.0 Å². The number of nitrogens with zero attached hydrogens (tertiary/aromatic N) is 2. The van der Waals surface area contributed by atoms with Gasteiger partial charge in [-0.2, -0.15) is 5.26 Å². The number of anilines is 1. The molecule has 0 saturated carbocycles. The number of rotatable bonds is 4. The molecule has 0 radical (unpaired) electrons. The summed E-state index contributed by atoms with van der Waals surface area (Å²) in [5.74, 6) is 0. The Morgan fingerprint density at radius 3 is 3.07 bits per heavy atom. The number of nitriles is 1. The first-order chi connectivity index (χ1) is 6.81. The number of nitrogens with one attached hydrogen (secondary N) is 1. The van der Waals surface area contributed by atoms with Crippen molar-refractivity contribution in [1.29, 1.82) is 5.26 Å². The van der Waals surface area contributed by atoms with E-state index in [0.29, 0.717) is 11.4 Å². The van der Waals surface area contributed by atoms with Crippen LogP contribution in [0.3, 0.4) is 0 Å². The zero-order valence-corrected chi connectivity index (χ0v) is 8.07. The van der Waals surface area contributed by atoms with Crippen LogP contribution < -0.4 is 5.32 Å². The molecular weight excluding hydrogens is 178 g/mol. The Bertz CT molecular complexity index is 328. The number of hydrogen-bond donors (Lipinski definition) is 2. The Morgan fingerprint density at radius 2 is 2.50 bits per heavy atom. The van der Waals surface area contributed by atoms with Gasteiger partial charge in [0, 0.05) is 12.2 Å². The fraction of sp³-hybridized carbons (Fsp3) is 0.400. The molecule has 2 N–H and O–H groups in total. The van der Waals surface area contributed by atoms with Crippen LogP contribution in [-0.4, -0.2) is 22.7 Å². The first-order valence-electron chi connectivity index (χ1n) is 4.54. The maximum Gasteiger partial charge on any atom is 0.163 e. The van der Waals surface area contributed by atoms with Crippen molar-refractivity contribution in [3.05, 3.63) is 24.0 Å². The maximum absolute atomic E-state index is 8.99. The molecule has 0 aliphatic carbocycles. The Balaban J connectivity index is 2.80. The molecule has 1 atom stereocenters. The lowest BCUT2D eigenvalue weighted by Gasteiger charge is -2.15. The summed E-state index contributed by atoms with van der Waals surface area (Å²) in [6, 6.07) is 5.51.